The molecule has 2 rings (SSSR count). The Kier molecular flexibility index (Phi) is 4.00. The normalized spacial score (nSPS) is 17.7. The van der Waals surface area contributed by atoms with Gasteiger partial charge in [-0.05, 0) is 0 Å². The minimum Gasteiger partial charge on any atom is -0.388 e. The van der Waals surface area contributed by atoms with E-state index >= 15 is 0 Å². The van der Waals surface area contributed by atoms with Crippen molar-refractivity contribution in [2.45, 2.75) is 18.4 Å². The summed E-state index contributed by atoms with van der Waals surface area (Å²) >= 11 is 0. The molecule has 3 N–H and O–H groups in total. The number of aromatic nitrogens is 2. The summed E-state index contributed by atoms with van der Waals surface area (Å²) in [7, 11) is 1.63. The molecular formula is C11H17N5O4. The predicted octanol–water partition coefficient (Wildman–Crippen LogP) is -0.0553. The number of ether oxygens (including phenoxy) is 1. The second kappa shape index (κ2) is 5.55. The molecule has 0 saturated carbocycles. The van der Waals surface area contributed by atoms with Crippen LogP contribution in [0, 0.1) is 10.1 Å². The number of hydrogen-bond acceptors (Lipinski definition) is 8. The number of likely N-dealkylation sites (N-methyl/N-ethyl adjacent to an activating group) is 1. The molecule has 1 aromatic heterocycles. The lowest BCUT2D eigenvalue weighted by atomic mass is 9.94. The van der Waals surface area contributed by atoms with Gasteiger partial charge in [-0.15, -0.1) is 0 Å². The number of nitrogen functional groups attached to an aromatic ring is 1. The van der Waals surface area contributed by atoms with E-state index in [0.717, 1.165) is 0 Å². The quantitative estimate of drug-likeness (QED) is 0.581. The number of nitro groups is 1. The summed E-state index contributed by atoms with van der Waals surface area (Å²) in [4.78, 5) is 19.5. The summed E-state index contributed by atoms with van der Waals surface area (Å²) in [5.74, 6) is -0.0896. The Morgan fingerprint density at radius 1 is 1.55 bits per heavy atom. The highest BCUT2D eigenvalue weighted by Crippen LogP contribution is 2.31. The third-order valence-electron chi connectivity index (χ3n) is 3.33. The molecule has 110 valence electrons. The van der Waals surface area contributed by atoms with Gasteiger partial charge in [0.05, 0.1) is 10.5 Å². The molecule has 2 heterocycles. The molecule has 0 amide bonds. The van der Waals surface area contributed by atoms with E-state index in [1.165, 1.54) is 11.2 Å². The van der Waals surface area contributed by atoms with Crippen LogP contribution in [-0.4, -0.2) is 52.4 Å². The van der Waals surface area contributed by atoms with E-state index < -0.39 is 10.5 Å². The van der Waals surface area contributed by atoms with Crippen molar-refractivity contribution in [3.05, 3.63) is 16.4 Å². The zero-order chi connectivity index (χ0) is 14.8. The first-order valence-corrected chi connectivity index (χ1v) is 6.19. The number of aliphatic hydroxyl groups is 1. The minimum atomic E-state index is -0.944. The Morgan fingerprint density at radius 3 is 2.80 bits per heavy atom. The molecule has 1 aliphatic heterocycles. The number of rotatable bonds is 4. The molecule has 0 aromatic carbocycles. The lowest BCUT2D eigenvalue weighted by Crippen LogP contribution is -2.46. The fourth-order valence-electron chi connectivity index (χ4n) is 2.26. The van der Waals surface area contributed by atoms with Gasteiger partial charge in [0.15, 0.2) is 0 Å². The van der Waals surface area contributed by atoms with E-state index in [1.54, 1.807) is 7.05 Å². The van der Waals surface area contributed by atoms with Crippen molar-refractivity contribution in [1.82, 2.24) is 9.97 Å². The van der Waals surface area contributed by atoms with Crippen molar-refractivity contribution in [3.8, 4) is 0 Å². The first kappa shape index (κ1) is 14.4. The summed E-state index contributed by atoms with van der Waals surface area (Å²) < 4.78 is 5.20. The molecule has 0 spiro atoms. The Hall–Kier alpha value is -2.00. The summed E-state index contributed by atoms with van der Waals surface area (Å²) in [6, 6.07) is 0. The number of nitrogens with zero attached hydrogens (tertiary/aromatic N) is 4. The number of nitrogens with two attached hydrogens (primary N) is 1. The minimum absolute atomic E-state index is 0.0995. The van der Waals surface area contributed by atoms with Gasteiger partial charge in [-0.1, -0.05) is 0 Å². The second-order valence-corrected chi connectivity index (χ2v) is 4.88. The third kappa shape index (κ3) is 2.94. The van der Waals surface area contributed by atoms with Gasteiger partial charge in [-0.3, -0.25) is 10.1 Å². The Morgan fingerprint density at radius 2 is 2.20 bits per heavy atom. The summed E-state index contributed by atoms with van der Waals surface area (Å²) in [6.45, 7) is 1.16. The van der Waals surface area contributed by atoms with Gasteiger partial charge in [0.1, 0.15) is 6.33 Å². The van der Waals surface area contributed by atoms with Gasteiger partial charge >= 0.3 is 5.69 Å². The van der Waals surface area contributed by atoms with Gasteiger partial charge in [0.25, 0.3) is 0 Å². The maximum atomic E-state index is 11.1. The highest BCUT2D eigenvalue weighted by molar-refractivity contribution is 5.68. The first-order valence-electron chi connectivity index (χ1n) is 6.19. The van der Waals surface area contributed by atoms with Crippen LogP contribution in [0.4, 0.5) is 17.3 Å². The summed E-state index contributed by atoms with van der Waals surface area (Å²) in [6.07, 6.45) is 2.12. The highest BCUT2D eigenvalue weighted by Gasteiger charge is 2.33. The Labute approximate surface area is 115 Å². The van der Waals surface area contributed by atoms with Gasteiger partial charge in [0, 0.05) is 39.6 Å². The number of anilines is 2. The molecular weight excluding hydrogens is 266 g/mol. The van der Waals surface area contributed by atoms with Crippen LogP contribution in [0.3, 0.4) is 0 Å². The maximum Gasteiger partial charge on any atom is 0.353 e. The smallest absolute Gasteiger partial charge is 0.353 e. The monoisotopic (exact) mass is 283 g/mol. The standard InChI is InChI=1S/C11H17N5O4/c1-15(6-11(17)2-4-20-5-3-11)10-8(16(18)19)9(12)13-7-14-10/h7,17H,2-6H2,1H3,(H2,12,13,14). The van der Waals surface area contributed by atoms with Crippen molar-refractivity contribution in [2.24, 2.45) is 0 Å². The average Bonchev–Trinajstić information content (AvgIpc) is 2.38. The van der Waals surface area contributed by atoms with Crippen molar-refractivity contribution < 1.29 is 14.8 Å². The van der Waals surface area contributed by atoms with E-state index in [0.29, 0.717) is 26.1 Å². The van der Waals surface area contributed by atoms with Crippen LogP contribution in [0.5, 0.6) is 0 Å². The Balaban J connectivity index is 2.23. The molecule has 20 heavy (non-hydrogen) atoms. The third-order valence-corrected chi connectivity index (χ3v) is 3.33. The lowest BCUT2D eigenvalue weighted by molar-refractivity contribution is -0.383. The molecule has 9 heteroatoms. The average molecular weight is 283 g/mol. The van der Waals surface area contributed by atoms with E-state index in [1.807, 2.05) is 0 Å². The van der Waals surface area contributed by atoms with Gasteiger partial charge in [-0.25, -0.2) is 9.97 Å². The fraction of sp³-hybridized carbons (Fsp3) is 0.636. The summed E-state index contributed by atoms with van der Waals surface area (Å²) in [5.41, 5.74) is 4.24. The zero-order valence-corrected chi connectivity index (χ0v) is 11.2. The van der Waals surface area contributed by atoms with Crippen LogP contribution < -0.4 is 10.6 Å². The van der Waals surface area contributed by atoms with E-state index in [-0.39, 0.29) is 23.9 Å². The molecule has 0 radical (unpaired) electrons. The molecule has 0 unspecified atom stereocenters. The molecule has 1 fully saturated rings. The topological polar surface area (TPSA) is 128 Å². The summed E-state index contributed by atoms with van der Waals surface area (Å²) in [5, 5.41) is 21.5. The maximum absolute atomic E-state index is 11.1. The van der Waals surface area contributed by atoms with E-state index in [4.69, 9.17) is 10.5 Å². The van der Waals surface area contributed by atoms with Crippen molar-refractivity contribution in [3.63, 3.8) is 0 Å². The van der Waals surface area contributed by atoms with Crippen LogP contribution in [0.2, 0.25) is 0 Å². The van der Waals surface area contributed by atoms with Gasteiger partial charge < -0.3 is 20.5 Å². The van der Waals surface area contributed by atoms with E-state index in [2.05, 4.69) is 9.97 Å². The molecule has 0 bridgehead atoms. The number of hydrogen-bond donors (Lipinski definition) is 2. The van der Waals surface area contributed by atoms with Crippen LogP contribution in [0.1, 0.15) is 12.8 Å². The fourth-order valence-corrected chi connectivity index (χ4v) is 2.26. The first-order chi connectivity index (χ1) is 9.43. The van der Waals surface area contributed by atoms with Crippen LogP contribution in [0.15, 0.2) is 6.33 Å². The Bertz CT molecular complexity index is 504. The van der Waals surface area contributed by atoms with Crippen molar-refractivity contribution in [2.75, 3.05) is 37.4 Å². The molecule has 1 aliphatic rings. The second-order valence-electron chi connectivity index (χ2n) is 4.88. The van der Waals surface area contributed by atoms with Crippen LogP contribution in [-0.2, 0) is 4.74 Å². The van der Waals surface area contributed by atoms with Gasteiger partial charge in [0.2, 0.25) is 11.6 Å². The molecule has 1 aromatic rings. The molecule has 9 nitrogen and oxygen atoms in total. The molecule has 1 saturated heterocycles. The van der Waals surface area contributed by atoms with Gasteiger partial charge in [-0.2, -0.15) is 0 Å². The molecule has 0 aliphatic carbocycles. The lowest BCUT2D eigenvalue weighted by Gasteiger charge is -2.35. The van der Waals surface area contributed by atoms with Crippen LogP contribution in [0.25, 0.3) is 0 Å². The van der Waals surface area contributed by atoms with Crippen LogP contribution >= 0.6 is 0 Å². The van der Waals surface area contributed by atoms with Crippen molar-refractivity contribution in [1.29, 1.82) is 0 Å². The van der Waals surface area contributed by atoms with E-state index in [9.17, 15) is 15.2 Å². The largest absolute Gasteiger partial charge is 0.388 e. The SMILES string of the molecule is CN(CC1(O)CCOCC1)c1ncnc(N)c1[N+](=O)[O-]. The highest BCUT2D eigenvalue weighted by atomic mass is 16.6. The van der Waals surface area contributed by atoms with Crippen molar-refractivity contribution >= 4 is 17.3 Å². The molecule has 0 atom stereocenters. The predicted molar refractivity (Wildman–Crippen MR) is 71.4 cm³/mol. The zero-order valence-electron chi connectivity index (χ0n) is 11.2.